The van der Waals surface area contributed by atoms with E-state index in [0.717, 1.165) is 37.0 Å². The molecule has 0 bridgehead atoms. The zero-order chi connectivity index (χ0) is 28.2. The van der Waals surface area contributed by atoms with Crippen LogP contribution >= 0.6 is 11.3 Å². The monoisotopic (exact) mass is 569 g/mol. The lowest BCUT2D eigenvalue weighted by molar-refractivity contribution is -0.143. The number of nitrogens with one attached hydrogen (secondary N) is 1. The smallest absolute Gasteiger partial charge is 0.405 e. The molecule has 3 heterocycles. The van der Waals surface area contributed by atoms with Crippen molar-refractivity contribution in [3.8, 4) is 11.5 Å². The average molecular weight is 570 g/mol. The highest BCUT2D eigenvalue weighted by atomic mass is 32.1. The number of hydrogen-bond donors (Lipinski definition) is 2. The number of ether oxygens (including phenoxy) is 2. The number of fused-ring (bicyclic) bond motifs is 1. The number of carbonyl (C=O) groups excluding carboxylic acids is 2. The van der Waals surface area contributed by atoms with Crippen LogP contribution in [0.25, 0.3) is 0 Å². The molecule has 1 aromatic carbocycles. The lowest BCUT2D eigenvalue weighted by Crippen LogP contribution is -2.55. The van der Waals surface area contributed by atoms with Crippen LogP contribution in [0.2, 0.25) is 0 Å². The number of methoxy groups -OCH3 is 2. The van der Waals surface area contributed by atoms with Crippen LogP contribution in [0.3, 0.4) is 0 Å². The molecule has 5 rings (SSSR count). The van der Waals surface area contributed by atoms with Crippen LogP contribution in [-0.4, -0.2) is 83.0 Å². The second-order valence-electron chi connectivity index (χ2n) is 10.5. The Balaban J connectivity index is 1.34. The molecule has 1 aliphatic carbocycles. The van der Waals surface area contributed by atoms with Crippen molar-refractivity contribution in [1.29, 1.82) is 0 Å². The van der Waals surface area contributed by atoms with E-state index >= 15 is 0 Å². The summed E-state index contributed by atoms with van der Waals surface area (Å²) in [5, 5.41) is 20.1. The van der Waals surface area contributed by atoms with Gasteiger partial charge in [-0.2, -0.15) is 5.10 Å². The third-order valence-electron chi connectivity index (χ3n) is 8.17. The van der Waals surface area contributed by atoms with Gasteiger partial charge in [-0.25, -0.2) is 14.8 Å². The molecule has 12 heteroatoms. The van der Waals surface area contributed by atoms with Gasteiger partial charge in [0.15, 0.2) is 11.5 Å². The summed E-state index contributed by atoms with van der Waals surface area (Å²) in [5.74, 6) is 0.987. The molecule has 11 nitrogen and oxygen atoms in total. The highest BCUT2D eigenvalue weighted by Gasteiger charge is 2.44. The van der Waals surface area contributed by atoms with Gasteiger partial charge in [-0.3, -0.25) is 9.59 Å². The zero-order valence-electron chi connectivity index (χ0n) is 22.7. The maximum absolute atomic E-state index is 13.7. The maximum atomic E-state index is 13.7. The first-order chi connectivity index (χ1) is 19.4. The van der Waals surface area contributed by atoms with E-state index in [0.29, 0.717) is 43.1 Å². The van der Waals surface area contributed by atoms with Gasteiger partial charge in [0.05, 0.1) is 37.2 Å². The van der Waals surface area contributed by atoms with Crippen molar-refractivity contribution >= 4 is 35.0 Å². The second-order valence-corrected chi connectivity index (χ2v) is 11.2. The fourth-order valence-electron chi connectivity index (χ4n) is 6.14. The summed E-state index contributed by atoms with van der Waals surface area (Å²) >= 11 is 1.40. The van der Waals surface area contributed by atoms with Crippen molar-refractivity contribution in [1.82, 2.24) is 20.2 Å². The Morgan fingerprint density at radius 2 is 1.82 bits per heavy atom. The number of piperidine rings is 1. The molecule has 1 saturated carbocycles. The Morgan fingerprint density at radius 3 is 2.48 bits per heavy atom. The molecule has 3 amide bonds. The number of likely N-dealkylation sites (tertiary alicyclic amines) is 1. The molecular weight excluding hydrogens is 534 g/mol. The fourth-order valence-corrected chi connectivity index (χ4v) is 6.71. The second kappa shape index (κ2) is 12.2. The lowest BCUT2D eigenvalue weighted by atomic mass is 9.73. The van der Waals surface area contributed by atoms with Gasteiger partial charge in [0.2, 0.25) is 11.8 Å². The number of benzene rings is 1. The number of thiazole rings is 1. The fraction of sp³-hybridized carbons (Fsp3) is 0.536. The highest BCUT2D eigenvalue weighted by Crippen LogP contribution is 2.40. The van der Waals surface area contributed by atoms with Gasteiger partial charge in [-0.15, -0.1) is 11.3 Å². The minimum atomic E-state index is -1.25. The van der Waals surface area contributed by atoms with E-state index in [9.17, 15) is 19.5 Å². The average Bonchev–Trinajstić information content (AvgIpc) is 3.49. The Hall–Kier alpha value is -3.67. The Morgan fingerprint density at radius 1 is 1.10 bits per heavy atom. The molecule has 3 atom stereocenters. The van der Waals surface area contributed by atoms with Crippen LogP contribution in [0.5, 0.6) is 11.5 Å². The summed E-state index contributed by atoms with van der Waals surface area (Å²) < 4.78 is 10.9. The number of amides is 3. The van der Waals surface area contributed by atoms with Crippen molar-refractivity contribution in [3.63, 3.8) is 0 Å². The van der Waals surface area contributed by atoms with Crippen molar-refractivity contribution in [2.75, 3.05) is 27.3 Å². The molecule has 40 heavy (non-hydrogen) atoms. The molecule has 2 N–H and O–H groups in total. The van der Waals surface area contributed by atoms with Crippen molar-refractivity contribution in [2.45, 2.75) is 57.0 Å². The van der Waals surface area contributed by atoms with Gasteiger partial charge >= 0.3 is 6.09 Å². The summed E-state index contributed by atoms with van der Waals surface area (Å²) in [5.41, 5.74) is 4.15. The quantitative estimate of drug-likeness (QED) is 0.498. The Kier molecular flexibility index (Phi) is 8.53. The first-order valence-corrected chi connectivity index (χ1v) is 14.6. The number of hydrogen-bond acceptors (Lipinski definition) is 8. The molecule has 1 saturated heterocycles. The molecule has 2 fully saturated rings. The van der Waals surface area contributed by atoms with Gasteiger partial charge in [-0.05, 0) is 43.9 Å². The van der Waals surface area contributed by atoms with E-state index in [1.165, 1.54) is 11.3 Å². The number of carboxylic acid groups (broad SMARTS) is 1. The van der Waals surface area contributed by atoms with Crippen molar-refractivity contribution < 1.29 is 29.0 Å². The van der Waals surface area contributed by atoms with Gasteiger partial charge in [0.25, 0.3) is 0 Å². The SMILES string of the molecule is COc1ccc(C2=NN(C3CCN(C(=O)[C@H](Cc4cscn4)NC(=O)O)CC3)C(=O)[C@@H]3CCCC[C@H]23)cc1OC. The maximum Gasteiger partial charge on any atom is 0.405 e. The molecule has 1 aromatic heterocycles. The summed E-state index contributed by atoms with van der Waals surface area (Å²) in [6.07, 6.45) is 3.91. The van der Waals surface area contributed by atoms with Crippen LogP contribution < -0.4 is 14.8 Å². The number of carbonyl (C=O) groups is 3. The molecular formula is C28H35N5O6S. The van der Waals surface area contributed by atoms with Crippen LogP contribution in [-0.2, 0) is 16.0 Å². The van der Waals surface area contributed by atoms with Crippen LogP contribution in [0.4, 0.5) is 4.79 Å². The number of aromatic nitrogens is 1. The van der Waals surface area contributed by atoms with Crippen LogP contribution in [0, 0.1) is 11.8 Å². The van der Waals surface area contributed by atoms with Crippen molar-refractivity contribution in [2.24, 2.45) is 16.9 Å². The molecule has 214 valence electrons. The Labute approximate surface area is 237 Å². The largest absolute Gasteiger partial charge is 0.493 e. The number of rotatable bonds is 8. The molecule has 2 aromatic rings. The molecule has 0 radical (unpaired) electrons. The van der Waals surface area contributed by atoms with E-state index in [1.54, 1.807) is 29.6 Å². The number of hydrazone groups is 1. The van der Waals surface area contributed by atoms with Gasteiger partial charge in [-0.1, -0.05) is 12.8 Å². The molecule has 0 spiro atoms. The van der Waals surface area contributed by atoms with Gasteiger partial charge in [0.1, 0.15) is 6.04 Å². The summed E-state index contributed by atoms with van der Waals surface area (Å²) in [4.78, 5) is 44.3. The lowest BCUT2D eigenvalue weighted by Gasteiger charge is -2.43. The predicted molar refractivity (Wildman–Crippen MR) is 149 cm³/mol. The third-order valence-corrected chi connectivity index (χ3v) is 8.80. The van der Waals surface area contributed by atoms with Gasteiger partial charge in [0, 0.05) is 42.3 Å². The summed E-state index contributed by atoms with van der Waals surface area (Å²) in [6.45, 7) is 0.828. The van der Waals surface area contributed by atoms with E-state index in [-0.39, 0.29) is 36.1 Å². The third kappa shape index (κ3) is 5.77. The first-order valence-electron chi connectivity index (χ1n) is 13.7. The van der Waals surface area contributed by atoms with E-state index < -0.39 is 12.1 Å². The van der Waals surface area contributed by atoms with Crippen LogP contribution in [0.1, 0.15) is 49.8 Å². The molecule has 2 aliphatic heterocycles. The van der Waals surface area contributed by atoms with E-state index in [4.69, 9.17) is 14.6 Å². The minimum Gasteiger partial charge on any atom is -0.493 e. The topological polar surface area (TPSA) is 134 Å². The Bertz CT molecular complexity index is 1260. The minimum absolute atomic E-state index is 0.0610. The van der Waals surface area contributed by atoms with Crippen molar-refractivity contribution in [3.05, 3.63) is 40.3 Å². The van der Waals surface area contributed by atoms with Crippen LogP contribution in [0.15, 0.2) is 34.2 Å². The summed E-state index contributed by atoms with van der Waals surface area (Å²) in [7, 11) is 3.20. The first kappa shape index (κ1) is 27.9. The highest BCUT2D eigenvalue weighted by molar-refractivity contribution is 7.07. The number of nitrogens with zero attached hydrogens (tertiary/aromatic N) is 4. The molecule has 0 unspecified atom stereocenters. The van der Waals surface area contributed by atoms with E-state index in [1.807, 2.05) is 23.6 Å². The standard InChI is InChI=1S/C28H35N5O6S/c1-38-23-8-7-17(13-24(23)39-2)25-20-5-3-4-6-21(20)26(34)33(31-25)19-9-11-32(12-10-19)27(35)22(30-28(36)37)14-18-15-40-16-29-18/h7-8,13,15-16,19-22,30H,3-6,9-12,14H2,1-2H3,(H,36,37)/t20-,21+,22-/m0/s1. The molecule has 3 aliphatic rings. The van der Waals surface area contributed by atoms with Gasteiger partial charge < -0.3 is 24.8 Å². The zero-order valence-corrected chi connectivity index (χ0v) is 23.6. The normalized spacial score (nSPS) is 22.2. The predicted octanol–water partition coefficient (Wildman–Crippen LogP) is 3.38. The summed E-state index contributed by atoms with van der Waals surface area (Å²) in [6, 6.07) is 4.71. The van der Waals surface area contributed by atoms with E-state index in [2.05, 4.69) is 10.3 Å².